The zero-order chi connectivity index (χ0) is 12.4. The van der Waals surface area contributed by atoms with Crippen LogP contribution in [0.15, 0.2) is 24.3 Å². The van der Waals surface area contributed by atoms with Crippen LogP contribution in [0.3, 0.4) is 0 Å². The Morgan fingerprint density at radius 3 is 2.71 bits per heavy atom. The fourth-order valence-electron chi connectivity index (χ4n) is 1.84. The predicted octanol–water partition coefficient (Wildman–Crippen LogP) is 2.59. The van der Waals surface area contributed by atoms with Crippen molar-refractivity contribution in [1.29, 1.82) is 0 Å². The molecule has 0 aliphatic rings. The molecule has 0 aliphatic carbocycles. The molecule has 88 valence electrons. The molecule has 1 aromatic carbocycles. The van der Waals surface area contributed by atoms with Gasteiger partial charge in [-0.05, 0) is 5.92 Å². The highest BCUT2D eigenvalue weighted by Gasteiger charge is 2.15. The van der Waals surface area contributed by atoms with Crippen LogP contribution >= 0.6 is 0 Å². The van der Waals surface area contributed by atoms with Crippen LogP contribution in [0.5, 0.6) is 0 Å². The molecule has 0 spiro atoms. The highest BCUT2D eigenvalue weighted by Crippen LogP contribution is 2.29. The van der Waals surface area contributed by atoms with E-state index >= 15 is 0 Å². The maximum Gasteiger partial charge on any atom is 0.198 e. The lowest BCUT2D eigenvalue weighted by molar-refractivity contribution is 0.112. The minimum atomic E-state index is 0.273. The highest BCUT2D eigenvalue weighted by molar-refractivity contribution is 5.87. The van der Waals surface area contributed by atoms with E-state index in [1.54, 1.807) is 6.07 Å². The zero-order valence-corrected chi connectivity index (χ0v) is 9.90. The van der Waals surface area contributed by atoms with Gasteiger partial charge < -0.3 is 10.7 Å². The van der Waals surface area contributed by atoms with E-state index in [2.05, 4.69) is 23.8 Å². The Hall–Kier alpha value is -2.10. The van der Waals surface area contributed by atoms with Gasteiger partial charge in [-0.1, -0.05) is 38.1 Å². The maximum absolute atomic E-state index is 11.0. The van der Waals surface area contributed by atoms with Crippen LogP contribution < -0.4 is 5.73 Å². The molecule has 0 bridgehead atoms. The summed E-state index contributed by atoms with van der Waals surface area (Å²) in [5.74, 6) is 0.652. The van der Waals surface area contributed by atoms with Gasteiger partial charge in [-0.15, -0.1) is 0 Å². The maximum atomic E-state index is 11.0. The number of aromatic nitrogens is 2. The molecule has 17 heavy (non-hydrogen) atoms. The van der Waals surface area contributed by atoms with E-state index in [-0.39, 0.29) is 5.92 Å². The van der Waals surface area contributed by atoms with E-state index in [1.807, 2.05) is 18.2 Å². The van der Waals surface area contributed by atoms with Crippen LogP contribution in [0.4, 0.5) is 5.95 Å². The van der Waals surface area contributed by atoms with Crippen LogP contribution in [-0.2, 0) is 0 Å². The van der Waals surface area contributed by atoms with E-state index in [4.69, 9.17) is 5.73 Å². The average Bonchev–Trinajstić information content (AvgIpc) is 2.71. The summed E-state index contributed by atoms with van der Waals surface area (Å²) in [6.07, 6.45) is 0.838. The number of nitrogen functional groups attached to an aromatic ring is 1. The number of hydrogen-bond acceptors (Lipinski definition) is 3. The van der Waals surface area contributed by atoms with E-state index in [9.17, 15) is 4.79 Å². The predicted molar refractivity (Wildman–Crippen MR) is 67.9 cm³/mol. The summed E-state index contributed by atoms with van der Waals surface area (Å²) in [6, 6.07) is 7.37. The average molecular weight is 229 g/mol. The number of nitrogens with zero attached hydrogens (tertiary/aromatic N) is 1. The number of imidazole rings is 1. The molecule has 4 nitrogen and oxygen atoms in total. The third-order valence-electron chi connectivity index (χ3n) is 2.67. The molecule has 1 heterocycles. The summed E-state index contributed by atoms with van der Waals surface area (Å²) in [7, 11) is 0. The minimum absolute atomic E-state index is 0.273. The lowest BCUT2D eigenvalue weighted by Crippen LogP contribution is -1.94. The van der Waals surface area contributed by atoms with E-state index in [1.165, 1.54) is 0 Å². The molecule has 0 radical (unpaired) electrons. The van der Waals surface area contributed by atoms with E-state index < -0.39 is 0 Å². The number of anilines is 1. The summed E-state index contributed by atoms with van der Waals surface area (Å²) in [5.41, 5.74) is 8.86. The lowest BCUT2D eigenvalue weighted by Gasteiger charge is -2.07. The molecular weight excluding hydrogens is 214 g/mol. The van der Waals surface area contributed by atoms with Gasteiger partial charge >= 0.3 is 0 Å². The summed E-state index contributed by atoms with van der Waals surface area (Å²) < 4.78 is 0. The van der Waals surface area contributed by atoms with Gasteiger partial charge in [-0.3, -0.25) is 4.79 Å². The van der Waals surface area contributed by atoms with Crippen LogP contribution in [-0.4, -0.2) is 16.3 Å². The second-order valence-corrected chi connectivity index (χ2v) is 4.24. The summed E-state index contributed by atoms with van der Waals surface area (Å²) in [6.45, 7) is 4.11. The summed E-state index contributed by atoms with van der Waals surface area (Å²) >= 11 is 0. The molecule has 2 rings (SSSR count). The van der Waals surface area contributed by atoms with E-state index in [0.717, 1.165) is 23.2 Å². The molecule has 2 aromatic rings. The third kappa shape index (κ3) is 2.06. The Morgan fingerprint density at radius 1 is 1.35 bits per heavy atom. The van der Waals surface area contributed by atoms with Crippen molar-refractivity contribution in [2.75, 3.05) is 5.73 Å². The SMILES string of the molecule is CC(C)c1[nH]c(N)nc1-c1ccccc1C=O. The first-order chi connectivity index (χ1) is 8.13. The smallest absolute Gasteiger partial charge is 0.198 e. The second kappa shape index (κ2) is 4.41. The van der Waals surface area contributed by atoms with Crippen molar-refractivity contribution >= 4 is 12.2 Å². The van der Waals surface area contributed by atoms with Crippen molar-refractivity contribution < 1.29 is 4.79 Å². The van der Waals surface area contributed by atoms with Crippen molar-refractivity contribution in [3.63, 3.8) is 0 Å². The first-order valence-electron chi connectivity index (χ1n) is 5.53. The molecule has 3 N–H and O–H groups in total. The molecule has 0 unspecified atom stereocenters. The number of aromatic amines is 1. The van der Waals surface area contributed by atoms with Gasteiger partial charge in [0.05, 0.1) is 5.69 Å². The summed E-state index contributed by atoms with van der Waals surface area (Å²) in [4.78, 5) is 18.3. The van der Waals surface area contributed by atoms with Gasteiger partial charge in [0.15, 0.2) is 12.2 Å². The number of aldehydes is 1. The van der Waals surface area contributed by atoms with Crippen LogP contribution in [0.2, 0.25) is 0 Å². The van der Waals surface area contributed by atoms with Gasteiger partial charge in [0.2, 0.25) is 0 Å². The standard InChI is InChI=1S/C13H15N3O/c1-8(2)11-12(16-13(14)15-11)10-6-4-3-5-9(10)7-17/h3-8H,1-2H3,(H3,14,15,16). The van der Waals surface area contributed by atoms with Crippen molar-refractivity contribution in [2.24, 2.45) is 0 Å². The van der Waals surface area contributed by atoms with Crippen molar-refractivity contribution in [3.05, 3.63) is 35.5 Å². The number of nitrogens with two attached hydrogens (primary N) is 1. The normalized spacial score (nSPS) is 10.8. The molecule has 0 fully saturated rings. The van der Waals surface area contributed by atoms with Crippen LogP contribution in [0.1, 0.15) is 35.8 Å². The van der Waals surface area contributed by atoms with Gasteiger partial charge in [-0.2, -0.15) is 0 Å². The number of hydrogen-bond donors (Lipinski definition) is 2. The van der Waals surface area contributed by atoms with Gasteiger partial charge in [-0.25, -0.2) is 4.98 Å². The Labute approximate surface area is 99.9 Å². The molecule has 0 saturated heterocycles. The molecule has 0 amide bonds. The van der Waals surface area contributed by atoms with Crippen LogP contribution in [0, 0.1) is 0 Å². The van der Waals surface area contributed by atoms with Crippen molar-refractivity contribution in [3.8, 4) is 11.3 Å². The highest BCUT2D eigenvalue weighted by atomic mass is 16.1. The van der Waals surface area contributed by atoms with E-state index in [0.29, 0.717) is 11.5 Å². The molecular formula is C13H15N3O. The molecule has 0 aliphatic heterocycles. The van der Waals surface area contributed by atoms with Crippen molar-refractivity contribution in [1.82, 2.24) is 9.97 Å². The first-order valence-corrected chi connectivity index (χ1v) is 5.53. The fourth-order valence-corrected chi connectivity index (χ4v) is 1.84. The quantitative estimate of drug-likeness (QED) is 0.794. The third-order valence-corrected chi connectivity index (χ3v) is 2.67. The molecule has 4 heteroatoms. The minimum Gasteiger partial charge on any atom is -0.369 e. The fraction of sp³-hybridized carbons (Fsp3) is 0.231. The van der Waals surface area contributed by atoms with Crippen LogP contribution in [0.25, 0.3) is 11.3 Å². The Bertz CT molecular complexity index is 543. The molecule has 0 saturated carbocycles. The Balaban J connectivity index is 2.63. The zero-order valence-electron chi connectivity index (χ0n) is 9.90. The van der Waals surface area contributed by atoms with Gasteiger partial charge in [0.25, 0.3) is 0 Å². The largest absolute Gasteiger partial charge is 0.369 e. The molecule has 1 aromatic heterocycles. The summed E-state index contributed by atoms with van der Waals surface area (Å²) in [5, 5.41) is 0. The Kier molecular flexibility index (Phi) is 2.95. The van der Waals surface area contributed by atoms with Crippen molar-refractivity contribution in [2.45, 2.75) is 19.8 Å². The molecule has 0 atom stereocenters. The number of benzene rings is 1. The monoisotopic (exact) mass is 229 g/mol. The second-order valence-electron chi connectivity index (χ2n) is 4.24. The Morgan fingerprint density at radius 2 is 2.06 bits per heavy atom. The van der Waals surface area contributed by atoms with Gasteiger partial charge in [0, 0.05) is 16.8 Å². The number of carbonyl (C=O) groups excluding carboxylic acids is 1. The number of H-pyrrole nitrogens is 1. The van der Waals surface area contributed by atoms with Gasteiger partial charge in [0.1, 0.15) is 0 Å². The topological polar surface area (TPSA) is 71.8 Å². The first kappa shape index (κ1) is 11.4. The number of carbonyl (C=O) groups is 1. The number of nitrogens with one attached hydrogen (secondary N) is 1. The number of rotatable bonds is 3. The lowest BCUT2D eigenvalue weighted by atomic mass is 10.00.